The predicted octanol–water partition coefficient (Wildman–Crippen LogP) is 6.01. The fourth-order valence-electron chi connectivity index (χ4n) is 5.19. The lowest BCUT2D eigenvalue weighted by Crippen LogP contribution is -2.59. The van der Waals surface area contributed by atoms with Crippen LogP contribution in [0, 0.1) is 5.92 Å². The van der Waals surface area contributed by atoms with Gasteiger partial charge in [-0.3, -0.25) is 0 Å². The number of alkyl halides is 3. The second-order valence-electron chi connectivity index (χ2n) is 10.6. The van der Waals surface area contributed by atoms with Crippen LogP contribution < -0.4 is 10.1 Å². The standard InChI is InChI=1S/C27H24F3N5O3/c1-25(2,24(36)37)38-23-6-4-17(13-32-23)16-3-5-22(31-12-16)34-19-8-21-20(7-18(19)27(28,29)30)33-14-35(21)26-9-15(10-26)11-26/h3-8,12-15H,9-11H2,1-2H3,(H,31,34)(H,36,37). The third-order valence-corrected chi connectivity index (χ3v) is 7.48. The zero-order valence-corrected chi connectivity index (χ0v) is 20.6. The highest BCUT2D eigenvalue weighted by atomic mass is 19.4. The number of pyridine rings is 2. The zero-order chi connectivity index (χ0) is 26.9. The van der Waals surface area contributed by atoms with E-state index < -0.39 is 23.3 Å². The van der Waals surface area contributed by atoms with Crippen LogP contribution >= 0.6 is 0 Å². The number of hydrogen-bond acceptors (Lipinski definition) is 6. The van der Waals surface area contributed by atoms with Crippen molar-refractivity contribution >= 4 is 28.5 Å². The summed E-state index contributed by atoms with van der Waals surface area (Å²) in [6, 6.07) is 9.16. The maximum Gasteiger partial charge on any atom is 0.418 e. The largest absolute Gasteiger partial charge is 0.478 e. The first-order chi connectivity index (χ1) is 17.9. The van der Waals surface area contributed by atoms with E-state index in [-0.39, 0.29) is 22.9 Å². The minimum absolute atomic E-state index is 0.00562. The lowest BCUT2D eigenvalue weighted by molar-refractivity contribution is -0.152. The summed E-state index contributed by atoms with van der Waals surface area (Å²) < 4.78 is 49.2. The van der Waals surface area contributed by atoms with Gasteiger partial charge in [0.25, 0.3) is 0 Å². The molecule has 0 amide bonds. The molecule has 3 aromatic heterocycles. The molecule has 3 aliphatic carbocycles. The number of hydrogen-bond donors (Lipinski definition) is 2. The second kappa shape index (κ2) is 8.17. The van der Waals surface area contributed by atoms with Crippen molar-refractivity contribution in [3.8, 4) is 17.0 Å². The van der Waals surface area contributed by atoms with Gasteiger partial charge in [0.15, 0.2) is 0 Å². The zero-order valence-electron chi connectivity index (χ0n) is 20.6. The quantitative estimate of drug-likeness (QED) is 0.306. The van der Waals surface area contributed by atoms with Crippen molar-refractivity contribution in [2.75, 3.05) is 5.32 Å². The molecule has 3 aliphatic rings. The molecule has 3 fully saturated rings. The Bertz CT molecular complexity index is 1530. The highest BCUT2D eigenvalue weighted by molar-refractivity contribution is 5.84. The van der Waals surface area contributed by atoms with E-state index in [1.54, 1.807) is 30.6 Å². The average Bonchev–Trinajstić information content (AvgIpc) is 3.19. The molecule has 2 N–H and O–H groups in total. The molecule has 0 aliphatic heterocycles. The second-order valence-corrected chi connectivity index (χ2v) is 10.6. The van der Waals surface area contributed by atoms with Crippen LogP contribution in [0.25, 0.3) is 22.2 Å². The van der Waals surface area contributed by atoms with Crippen LogP contribution in [-0.4, -0.2) is 36.2 Å². The Morgan fingerprint density at radius 2 is 1.74 bits per heavy atom. The summed E-state index contributed by atoms with van der Waals surface area (Å²) in [6.07, 6.45) is 3.27. The molecule has 0 radical (unpaired) electrons. The molecule has 2 bridgehead atoms. The van der Waals surface area contributed by atoms with E-state index in [2.05, 4.69) is 20.3 Å². The van der Waals surface area contributed by atoms with Crippen LogP contribution in [0.4, 0.5) is 24.7 Å². The van der Waals surface area contributed by atoms with Gasteiger partial charge in [-0.05, 0) is 69.4 Å². The number of imidazole rings is 1. The van der Waals surface area contributed by atoms with Gasteiger partial charge in [-0.15, -0.1) is 0 Å². The molecular weight excluding hydrogens is 499 g/mol. The number of nitrogens with zero attached hydrogens (tertiary/aromatic N) is 4. The van der Waals surface area contributed by atoms with Gasteiger partial charge in [-0.2, -0.15) is 13.2 Å². The van der Waals surface area contributed by atoms with Crippen LogP contribution in [0.15, 0.2) is 55.1 Å². The lowest BCUT2D eigenvalue weighted by atomic mass is 9.49. The highest BCUT2D eigenvalue weighted by Crippen LogP contribution is 2.63. The Morgan fingerprint density at radius 1 is 1.05 bits per heavy atom. The number of benzene rings is 1. The Kier molecular flexibility index (Phi) is 5.21. The van der Waals surface area contributed by atoms with Crippen LogP contribution in [0.2, 0.25) is 0 Å². The maximum atomic E-state index is 13.9. The smallest absolute Gasteiger partial charge is 0.418 e. The Labute approximate surface area is 215 Å². The molecular formula is C27H24F3N5O3. The number of carboxylic acids is 1. The van der Waals surface area contributed by atoms with Gasteiger partial charge in [-0.25, -0.2) is 19.7 Å². The van der Waals surface area contributed by atoms with Gasteiger partial charge in [0.2, 0.25) is 11.5 Å². The topological polar surface area (TPSA) is 102 Å². The molecule has 0 unspecified atom stereocenters. The number of aromatic nitrogens is 4. The van der Waals surface area contributed by atoms with E-state index in [9.17, 15) is 23.1 Å². The summed E-state index contributed by atoms with van der Waals surface area (Å²) >= 11 is 0. The summed E-state index contributed by atoms with van der Waals surface area (Å²) in [5, 5.41) is 12.0. The molecule has 0 atom stereocenters. The number of halogens is 3. The van der Waals surface area contributed by atoms with Crippen LogP contribution in [0.5, 0.6) is 5.88 Å². The SMILES string of the molecule is CC(C)(Oc1ccc(-c2ccc(Nc3cc4c(cc3C(F)(F)F)ncn4C34CC(C3)C4)nc2)cn1)C(=O)O. The number of anilines is 2. The summed E-state index contributed by atoms with van der Waals surface area (Å²) in [4.78, 5) is 24.0. The van der Waals surface area contributed by atoms with E-state index in [4.69, 9.17) is 4.74 Å². The third kappa shape index (κ3) is 4.02. The molecule has 4 aromatic rings. The van der Waals surface area contributed by atoms with Crippen molar-refractivity contribution in [1.29, 1.82) is 0 Å². The van der Waals surface area contributed by atoms with Crippen molar-refractivity contribution < 1.29 is 27.8 Å². The molecule has 0 saturated heterocycles. The van der Waals surface area contributed by atoms with E-state index >= 15 is 0 Å². The van der Waals surface area contributed by atoms with E-state index in [1.165, 1.54) is 32.3 Å². The first kappa shape index (κ1) is 24.2. The van der Waals surface area contributed by atoms with Crippen LogP contribution in [0.3, 0.4) is 0 Å². The number of nitrogens with one attached hydrogen (secondary N) is 1. The first-order valence-corrected chi connectivity index (χ1v) is 12.1. The molecule has 3 heterocycles. The molecule has 1 aromatic carbocycles. The maximum absolute atomic E-state index is 13.9. The van der Waals surface area contributed by atoms with Crippen molar-refractivity contribution in [2.24, 2.45) is 5.92 Å². The van der Waals surface area contributed by atoms with Crippen molar-refractivity contribution in [1.82, 2.24) is 19.5 Å². The highest BCUT2D eigenvalue weighted by Gasteiger charge is 2.58. The predicted molar refractivity (Wildman–Crippen MR) is 133 cm³/mol. The Balaban J connectivity index is 1.25. The fraction of sp³-hybridized carbons (Fsp3) is 0.333. The number of rotatable bonds is 7. The third-order valence-electron chi connectivity index (χ3n) is 7.48. The monoisotopic (exact) mass is 523 g/mol. The molecule has 3 saturated carbocycles. The number of ether oxygens (including phenoxy) is 1. The molecule has 8 nitrogen and oxygen atoms in total. The average molecular weight is 524 g/mol. The Morgan fingerprint density at radius 3 is 2.26 bits per heavy atom. The number of carboxylic acid groups (broad SMARTS) is 1. The van der Waals surface area contributed by atoms with Crippen LogP contribution in [-0.2, 0) is 16.5 Å². The summed E-state index contributed by atoms with van der Waals surface area (Å²) in [5.41, 5.74) is 0.0403. The molecule has 7 rings (SSSR count). The van der Waals surface area contributed by atoms with Gasteiger partial charge in [-0.1, -0.05) is 0 Å². The minimum Gasteiger partial charge on any atom is -0.478 e. The van der Waals surface area contributed by atoms with Crippen molar-refractivity contribution in [3.63, 3.8) is 0 Å². The van der Waals surface area contributed by atoms with Gasteiger partial charge in [0.05, 0.1) is 28.6 Å². The van der Waals surface area contributed by atoms with Gasteiger partial charge >= 0.3 is 12.1 Å². The molecule has 196 valence electrons. The van der Waals surface area contributed by atoms with Crippen molar-refractivity contribution in [3.05, 3.63) is 60.7 Å². The first-order valence-electron chi connectivity index (χ1n) is 12.1. The summed E-state index contributed by atoms with van der Waals surface area (Å²) in [6.45, 7) is 2.85. The molecule has 38 heavy (non-hydrogen) atoms. The van der Waals surface area contributed by atoms with E-state index in [0.29, 0.717) is 22.2 Å². The number of fused-ring (bicyclic) bond motifs is 1. The van der Waals surface area contributed by atoms with Crippen LogP contribution in [0.1, 0.15) is 38.7 Å². The summed E-state index contributed by atoms with van der Waals surface area (Å²) in [7, 11) is 0. The van der Waals surface area contributed by atoms with Crippen molar-refractivity contribution in [2.45, 2.75) is 50.4 Å². The Hall–Kier alpha value is -4.15. The summed E-state index contributed by atoms with van der Waals surface area (Å²) in [5.74, 6) is 0.0111. The van der Waals surface area contributed by atoms with Gasteiger partial charge in [0, 0.05) is 35.1 Å². The van der Waals surface area contributed by atoms with Gasteiger partial charge < -0.3 is 19.7 Å². The minimum atomic E-state index is -4.57. The normalized spacial score (nSPS) is 20.5. The molecule has 11 heteroatoms. The van der Waals surface area contributed by atoms with E-state index in [0.717, 1.165) is 31.2 Å². The lowest BCUT2D eigenvalue weighted by Gasteiger charge is -2.62. The fourth-order valence-corrected chi connectivity index (χ4v) is 5.19. The van der Waals surface area contributed by atoms with Gasteiger partial charge in [0.1, 0.15) is 5.82 Å². The molecule has 0 spiro atoms. The number of aliphatic carboxylic acids is 1. The van der Waals surface area contributed by atoms with E-state index in [1.807, 2.05) is 4.57 Å². The number of carbonyl (C=O) groups is 1.